The molecule has 1 aromatic heterocycles. The molecule has 0 saturated carbocycles. The Balaban J connectivity index is 2.33. The summed E-state index contributed by atoms with van der Waals surface area (Å²) in [4.78, 5) is 8.72. The number of hydrogen-bond donors (Lipinski definition) is 1. The highest BCUT2D eigenvalue weighted by atomic mass is 14.9. The first-order valence-electron chi connectivity index (χ1n) is 5.82. The average molecular weight is 227 g/mol. The van der Waals surface area contributed by atoms with Crippen molar-refractivity contribution in [1.82, 2.24) is 4.98 Å². The van der Waals surface area contributed by atoms with E-state index in [-0.39, 0.29) is 0 Å². The summed E-state index contributed by atoms with van der Waals surface area (Å²) in [5, 5.41) is 1.09. The lowest BCUT2D eigenvalue weighted by atomic mass is 10.1. The van der Waals surface area contributed by atoms with Crippen molar-refractivity contribution in [3.8, 4) is 0 Å². The zero-order valence-electron chi connectivity index (χ0n) is 10.2. The summed E-state index contributed by atoms with van der Waals surface area (Å²) in [6.07, 6.45) is 1.78. The highest BCUT2D eigenvalue weighted by molar-refractivity contribution is 5.99. The quantitative estimate of drug-likeness (QED) is 0.647. The van der Waals surface area contributed by atoms with Gasteiger partial charge in [-0.3, -0.25) is 9.98 Å². The third-order valence-electron chi connectivity index (χ3n) is 2.51. The van der Waals surface area contributed by atoms with Gasteiger partial charge in [-0.1, -0.05) is 32.0 Å². The van der Waals surface area contributed by atoms with Crippen LogP contribution in [0, 0.1) is 5.92 Å². The predicted molar refractivity (Wildman–Crippen MR) is 72.2 cm³/mol. The number of nitrogens with zero attached hydrogens (tertiary/aromatic N) is 2. The molecule has 0 radical (unpaired) electrons. The van der Waals surface area contributed by atoms with Gasteiger partial charge in [-0.2, -0.15) is 0 Å². The van der Waals surface area contributed by atoms with Gasteiger partial charge in [0.1, 0.15) is 5.84 Å². The third-order valence-corrected chi connectivity index (χ3v) is 2.51. The van der Waals surface area contributed by atoms with E-state index in [1.165, 1.54) is 0 Å². The smallest absolute Gasteiger partial charge is 0.127 e. The molecule has 0 atom stereocenters. The second kappa shape index (κ2) is 4.95. The van der Waals surface area contributed by atoms with E-state index in [9.17, 15) is 0 Å². The van der Waals surface area contributed by atoms with Gasteiger partial charge in [0, 0.05) is 23.7 Å². The molecule has 0 amide bonds. The summed E-state index contributed by atoms with van der Waals surface area (Å²) in [6.45, 7) is 4.99. The van der Waals surface area contributed by atoms with Crippen LogP contribution >= 0.6 is 0 Å². The zero-order valence-corrected chi connectivity index (χ0v) is 10.2. The van der Waals surface area contributed by atoms with Crippen molar-refractivity contribution in [3.05, 3.63) is 42.1 Å². The van der Waals surface area contributed by atoms with Gasteiger partial charge in [-0.15, -0.1) is 0 Å². The standard InChI is InChI=1S/C14H17N3/c1-10(2)8-17-14(15)12-7-11-5-3-4-6-13(11)16-9-12/h3-7,9-10H,8H2,1-2H3,(H2,15,17). The highest BCUT2D eigenvalue weighted by Crippen LogP contribution is 2.12. The van der Waals surface area contributed by atoms with Crippen LogP contribution in [0.2, 0.25) is 0 Å². The number of aliphatic imine (C=N–C) groups is 1. The van der Waals surface area contributed by atoms with Crippen LogP contribution in [0.5, 0.6) is 0 Å². The molecule has 2 aromatic rings. The molecule has 3 heteroatoms. The largest absolute Gasteiger partial charge is 0.383 e. The van der Waals surface area contributed by atoms with Crippen molar-refractivity contribution >= 4 is 16.7 Å². The molecule has 2 rings (SSSR count). The van der Waals surface area contributed by atoms with Crippen molar-refractivity contribution in [2.24, 2.45) is 16.6 Å². The van der Waals surface area contributed by atoms with Gasteiger partial charge in [0.05, 0.1) is 5.52 Å². The zero-order chi connectivity index (χ0) is 12.3. The van der Waals surface area contributed by atoms with Crippen LogP contribution in [-0.2, 0) is 0 Å². The monoisotopic (exact) mass is 227 g/mol. The molecule has 1 heterocycles. The van der Waals surface area contributed by atoms with E-state index >= 15 is 0 Å². The van der Waals surface area contributed by atoms with Gasteiger partial charge in [-0.05, 0) is 18.1 Å². The number of benzene rings is 1. The minimum atomic E-state index is 0.516. The van der Waals surface area contributed by atoms with E-state index in [2.05, 4.69) is 23.8 Å². The molecule has 1 aromatic carbocycles. The lowest BCUT2D eigenvalue weighted by Gasteiger charge is -2.04. The minimum Gasteiger partial charge on any atom is -0.383 e. The van der Waals surface area contributed by atoms with Gasteiger partial charge in [0.2, 0.25) is 0 Å². The van der Waals surface area contributed by atoms with Gasteiger partial charge >= 0.3 is 0 Å². The van der Waals surface area contributed by atoms with Crippen LogP contribution < -0.4 is 5.73 Å². The number of fused-ring (bicyclic) bond motifs is 1. The van der Waals surface area contributed by atoms with E-state index in [1.807, 2.05) is 30.3 Å². The van der Waals surface area contributed by atoms with E-state index in [0.29, 0.717) is 11.8 Å². The second-order valence-electron chi connectivity index (χ2n) is 4.54. The van der Waals surface area contributed by atoms with Crippen molar-refractivity contribution < 1.29 is 0 Å². The fraction of sp³-hybridized carbons (Fsp3) is 0.286. The molecule has 0 bridgehead atoms. The summed E-state index contributed by atoms with van der Waals surface area (Å²) in [6, 6.07) is 10.0. The third kappa shape index (κ3) is 2.81. The maximum absolute atomic E-state index is 5.94. The lowest BCUT2D eigenvalue weighted by molar-refractivity contribution is 0.665. The van der Waals surface area contributed by atoms with Crippen molar-refractivity contribution in [2.75, 3.05) is 6.54 Å². The number of amidine groups is 1. The summed E-state index contributed by atoms with van der Waals surface area (Å²) in [5.41, 5.74) is 7.82. The van der Waals surface area contributed by atoms with Gasteiger partial charge in [0.25, 0.3) is 0 Å². The normalized spacial score (nSPS) is 12.3. The number of nitrogens with two attached hydrogens (primary N) is 1. The molecule has 0 saturated heterocycles. The molecule has 17 heavy (non-hydrogen) atoms. The molecule has 88 valence electrons. The molecule has 0 fully saturated rings. The molecule has 0 unspecified atom stereocenters. The Labute approximate surface area is 101 Å². The summed E-state index contributed by atoms with van der Waals surface area (Å²) < 4.78 is 0. The van der Waals surface area contributed by atoms with Crippen LogP contribution in [0.3, 0.4) is 0 Å². The Kier molecular flexibility index (Phi) is 3.38. The Morgan fingerprint density at radius 3 is 2.88 bits per heavy atom. The Bertz CT molecular complexity index is 544. The number of pyridine rings is 1. The van der Waals surface area contributed by atoms with E-state index in [0.717, 1.165) is 23.0 Å². The Morgan fingerprint density at radius 2 is 2.12 bits per heavy atom. The van der Waals surface area contributed by atoms with Crippen molar-refractivity contribution in [1.29, 1.82) is 0 Å². The number of rotatable bonds is 3. The first-order chi connectivity index (χ1) is 8.16. The van der Waals surface area contributed by atoms with Crippen LogP contribution in [0.4, 0.5) is 0 Å². The maximum Gasteiger partial charge on any atom is 0.127 e. The second-order valence-corrected chi connectivity index (χ2v) is 4.54. The van der Waals surface area contributed by atoms with Gasteiger partial charge < -0.3 is 5.73 Å². The van der Waals surface area contributed by atoms with Crippen LogP contribution in [0.15, 0.2) is 41.5 Å². The van der Waals surface area contributed by atoms with E-state index in [1.54, 1.807) is 6.20 Å². The topological polar surface area (TPSA) is 51.3 Å². The number of aromatic nitrogens is 1. The Morgan fingerprint density at radius 1 is 1.35 bits per heavy atom. The van der Waals surface area contributed by atoms with Crippen molar-refractivity contribution in [2.45, 2.75) is 13.8 Å². The lowest BCUT2D eigenvalue weighted by Crippen LogP contribution is -2.15. The molecule has 3 nitrogen and oxygen atoms in total. The molecule has 0 aliphatic carbocycles. The van der Waals surface area contributed by atoms with Crippen LogP contribution in [0.1, 0.15) is 19.4 Å². The highest BCUT2D eigenvalue weighted by Gasteiger charge is 2.01. The molecular weight excluding hydrogens is 210 g/mol. The summed E-state index contributed by atoms with van der Waals surface area (Å²) >= 11 is 0. The summed E-state index contributed by atoms with van der Waals surface area (Å²) in [5.74, 6) is 1.08. The number of hydrogen-bond acceptors (Lipinski definition) is 2. The van der Waals surface area contributed by atoms with E-state index in [4.69, 9.17) is 5.73 Å². The predicted octanol–water partition coefficient (Wildman–Crippen LogP) is 2.60. The molecular formula is C14H17N3. The first kappa shape index (κ1) is 11.6. The fourth-order valence-corrected chi connectivity index (χ4v) is 1.58. The van der Waals surface area contributed by atoms with Gasteiger partial charge in [0.15, 0.2) is 0 Å². The maximum atomic E-state index is 5.94. The number of para-hydroxylation sites is 1. The SMILES string of the molecule is CC(C)CN=C(N)c1cnc2ccccc2c1. The average Bonchev–Trinajstić information content (AvgIpc) is 2.35. The molecule has 0 aliphatic heterocycles. The minimum absolute atomic E-state index is 0.516. The van der Waals surface area contributed by atoms with Crippen LogP contribution in [-0.4, -0.2) is 17.4 Å². The first-order valence-corrected chi connectivity index (χ1v) is 5.82. The van der Waals surface area contributed by atoms with Crippen molar-refractivity contribution in [3.63, 3.8) is 0 Å². The van der Waals surface area contributed by atoms with Crippen LogP contribution in [0.25, 0.3) is 10.9 Å². The van der Waals surface area contributed by atoms with Gasteiger partial charge in [-0.25, -0.2) is 0 Å². The summed E-state index contributed by atoms with van der Waals surface area (Å²) in [7, 11) is 0. The molecule has 0 spiro atoms. The van der Waals surface area contributed by atoms with E-state index < -0.39 is 0 Å². The Hall–Kier alpha value is -1.90. The molecule has 0 aliphatic rings. The fourth-order valence-electron chi connectivity index (χ4n) is 1.58. The molecule has 2 N–H and O–H groups in total.